The van der Waals surface area contributed by atoms with Gasteiger partial charge in [-0.25, -0.2) is 4.98 Å². The molecule has 1 aromatic rings. The maximum absolute atomic E-state index is 12.5. The maximum atomic E-state index is 12.5. The van der Waals surface area contributed by atoms with E-state index in [9.17, 15) is 9.59 Å². The van der Waals surface area contributed by atoms with Crippen LogP contribution >= 0.6 is 11.3 Å². The monoisotopic (exact) mass is 321 g/mol. The lowest BCUT2D eigenvalue weighted by Crippen LogP contribution is -2.42. The lowest BCUT2D eigenvalue weighted by molar-refractivity contribution is -0.134. The third kappa shape index (κ3) is 2.32. The number of carbonyl (C=O) groups is 2. The fourth-order valence-corrected chi connectivity index (χ4v) is 4.37. The molecular weight excluding hydrogens is 302 g/mol. The van der Waals surface area contributed by atoms with Gasteiger partial charge in [-0.05, 0) is 12.8 Å². The third-order valence-corrected chi connectivity index (χ3v) is 5.64. The fourth-order valence-electron chi connectivity index (χ4n) is 3.85. The molecule has 0 unspecified atom stereocenters. The Morgan fingerprint density at radius 2 is 2.23 bits per heavy atom. The van der Waals surface area contributed by atoms with Gasteiger partial charge in [0.05, 0.1) is 24.1 Å². The number of likely N-dealkylation sites (tertiary alicyclic amines) is 2. The Kier molecular flexibility index (Phi) is 3.62. The van der Waals surface area contributed by atoms with E-state index in [1.807, 2.05) is 9.80 Å². The van der Waals surface area contributed by atoms with Crippen molar-refractivity contribution in [3.8, 4) is 0 Å². The molecule has 3 atom stereocenters. The molecule has 4 rings (SSSR count). The van der Waals surface area contributed by atoms with Crippen LogP contribution in [0.4, 0.5) is 0 Å². The molecule has 0 aliphatic carbocycles. The summed E-state index contributed by atoms with van der Waals surface area (Å²) in [5.74, 6) is 0.635. The minimum Gasteiger partial charge on any atom is -0.381 e. The number of amides is 2. The Bertz CT molecular complexity index is 571. The molecule has 0 bridgehead atoms. The average Bonchev–Trinajstić information content (AvgIpc) is 3.29. The summed E-state index contributed by atoms with van der Waals surface area (Å²) in [6.45, 7) is 3.45. The van der Waals surface area contributed by atoms with Gasteiger partial charge < -0.3 is 14.5 Å². The lowest BCUT2D eigenvalue weighted by Gasteiger charge is -2.25. The molecule has 0 N–H and O–H groups in total. The molecule has 0 saturated carbocycles. The predicted octanol–water partition coefficient (Wildman–Crippen LogP) is 0.852. The summed E-state index contributed by atoms with van der Waals surface area (Å²) < 4.78 is 5.32. The molecule has 22 heavy (non-hydrogen) atoms. The van der Waals surface area contributed by atoms with Crippen molar-refractivity contribution in [2.24, 2.45) is 11.8 Å². The van der Waals surface area contributed by atoms with Gasteiger partial charge in [0.1, 0.15) is 5.69 Å². The van der Waals surface area contributed by atoms with Gasteiger partial charge in [-0.3, -0.25) is 9.59 Å². The molecule has 3 aliphatic rings. The van der Waals surface area contributed by atoms with E-state index >= 15 is 0 Å². The van der Waals surface area contributed by atoms with Crippen molar-refractivity contribution in [2.45, 2.75) is 18.9 Å². The molecular formula is C15H19N3O3S. The first-order valence-corrected chi connectivity index (χ1v) is 8.74. The van der Waals surface area contributed by atoms with Crippen LogP contribution in [-0.2, 0) is 9.53 Å². The summed E-state index contributed by atoms with van der Waals surface area (Å²) in [4.78, 5) is 33.0. The summed E-state index contributed by atoms with van der Waals surface area (Å²) in [7, 11) is 0. The van der Waals surface area contributed by atoms with Crippen molar-refractivity contribution in [1.82, 2.24) is 14.8 Å². The van der Waals surface area contributed by atoms with Crippen LogP contribution in [0.15, 0.2) is 10.9 Å². The number of hydrogen-bond acceptors (Lipinski definition) is 5. The van der Waals surface area contributed by atoms with E-state index in [1.54, 1.807) is 10.9 Å². The van der Waals surface area contributed by atoms with Crippen LogP contribution in [-0.4, -0.2) is 65.5 Å². The highest BCUT2D eigenvalue weighted by Gasteiger charge is 2.46. The van der Waals surface area contributed by atoms with E-state index in [0.29, 0.717) is 31.4 Å². The van der Waals surface area contributed by atoms with Gasteiger partial charge in [0.2, 0.25) is 5.91 Å². The zero-order valence-electron chi connectivity index (χ0n) is 12.3. The van der Waals surface area contributed by atoms with E-state index < -0.39 is 0 Å². The molecule has 6 nitrogen and oxygen atoms in total. The first-order chi connectivity index (χ1) is 10.7. The molecule has 0 spiro atoms. The largest absolute Gasteiger partial charge is 0.381 e. The molecule has 2 amide bonds. The molecule has 3 aliphatic heterocycles. The SMILES string of the molecule is O=C([C@H]1CCOC1)N1C[C@@H]2CCN(C(=O)c3cscn3)[C@@H]2C1. The highest BCUT2D eigenvalue weighted by atomic mass is 32.1. The third-order valence-electron chi connectivity index (χ3n) is 5.05. The van der Waals surface area contributed by atoms with E-state index in [1.165, 1.54) is 11.3 Å². The summed E-state index contributed by atoms with van der Waals surface area (Å²) >= 11 is 1.44. The zero-order valence-corrected chi connectivity index (χ0v) is 13.1. The van der Waals surface area contributed by atoms with Gasteiger partial charge in [-0.1, -0.05) is 0 Å². The topological polar surface area (TPSA) is 62.7 Å². The number of fused-ring (bicyclic) bond motifs is 1. The normalized spacial score (nSPS) is 30.8. The minimum atomic E-state index is 0.00671. The molecule has 3 fully saturated rings. The van der Waals surface area contributed by atoms with Gasteiger partial charge in [-0.2, -0.15) is 0 Å². The summed E-state index contributed by atoms with van der Waals surface area (Å²) in [5.41, 5.74) is 2.21. The average molecular weight is 321 g/mol. The van der Waals surface area contributed by atoms with Crippen LogP contribution in [0.25, 0.3) is 0 Å². The van der Waals surface area contributed by atoms with Crippen LogP contribution in [0.3, 0.4) is 0 Å². The summed E-state index contributed by atoms with van der Waals surface area (Å²) in [6, 6.07) is 0.153. The predicted molar refractivity (Wildman–Crippen MR) is 80.6 cm³/mol. The second-order valence-corrected chi connectivity index (χ2v) is 7.01. The van der Waals surface area contributed by atoms with Crippen LogP contribution < -0.4 is 0 Å². The molecule has 3 saturated heterocycles. The van der Waals surface area contributed by atoms with E-state index in [4.69, 9.17) is 4.74 Å². The Balaban J connectivity index is 1.45. The van der Waals surface area contributed by atoms with Crippen LogP contribution in [0.5, 0.6) is 0 Å². The van der Waals surface area contributed by atoms with E-state index in [-0.39, 0.29) is 23.8 Å². The maximum Gasteiger partial charge on any atom is 0.273 e. The van der Waals surface area contributed by atoms with Gasteiger partial charge in [0, 0.05) is 37.5 Å². The van der Waals surface area contributed by atoms with Crippen molar-refractivity contribution in [3.05, 3.63) is 16.6 Å². The molecule has 7 heteroatoms. The number of thiazole rings is 1. The Morgan fingerprint density at radius 3 is 2.95 bits per heavy atom. The Morgan fingerprint density at radius 1 is 1.32 bits per heavy atom. The lowest BCUT2D eigenvalue weighted by atomic mass is 10.1. The molecule has 0 aromatic carbocycles. The highest BCUT2D eigenvalue weighted by Crippen LogP contribution is 2.33. The highest BCUT2D eigenvalue weighted by molar-refractivity contribution is 7.07. The number of nitrogens with zero attached hydrogens (tertiary/aromatic N) is 3. The van der Waals surface area contributed by atoms with E-state index in [2.05, 4.69) is 4.98 Å². The summed E-state index contributed by atoms with van der Waals surface area (Å²) in [6.07, 6.45) is 1.80. The number of hydrogen-bond donors (Lipinski definition) is 0. The standard InChI is InChI=1S/C15H19N3O3S/c19-14(11-2-4-21-7-11)17-5-10-1-3-18(13(10)6-17)15(20)12-8-22-9-16-12/h8-11,13H,1-7H2/t10-,11-,13+/m0/s1. The van der Waals surface area contributed by atoms with Crippen LogP contribution in [0, 0.1) is 11.8 Å². The van der Waals surface area contributed by atoms with E-state index in [0.717, 1.165) is 25.9 Å². The van der Waals surface area contributed by atoms with Crippen molar-refractivity contribution >= 4 is 23.2 Å². The van der Waals surface area contributed by atoms with Gasteiger partial charge in [-0.15, -0.1) is 11.3 Å². The van der Waals surface area contributed by atoms with Crippen molar-refractivity contribution < 1.29 is 14.3 Å². The number of rotatable bonds is 2. The van der Waals surface area contributed by atoms with Crippen LogP contribution in [0.2, 0.25) is 0 Å². The second kappa shape index (κ2) is 5.62. The molecule has 1 aromatic heterocycles. The van der Waals surface area contributed by atoms with Crippen molar-refractivity contribution in [2.75, 3.05) is 32.8 Å². The Hall–Kier alpha value is -1.47. The number of ether oxygens (including phenoxy) is 1. The molecule has 118 valence electrons. The summed E-state index contributed by atoms with van der Waals surface area (Å²) in [5, 5.41) is 1.80. The first kappa shape index (κ1) is 14.1. The van der Waals surface area contributed by atoms with Crippen molar-refractivity contribution in [1.29, 1.82) is 0 Å². The number of aromatic nitrogens is 1. The smallest absolute Gasteiger partial charge is 0.273 e. The quantitative estimate of drug-likeness (QED) is 0.810. The molecule has 0 radical (unpaired) electrons. The second-order valence-electron chi connectivity index (χ2n) is 6.29. The van der Waals surface area contributed by atoms with Gasteiger partial charge in [0.15, 0.2) is 0 Å². The Labute approximate surface area is 133 Å². The minimum absolute atomic E-state index is 0.00671. The zero-order chi connectivity index (χ0) is 15.1. The van der Waals surface area contributed by atoms with Crippen LogP contribution in [0.1, 0.15) is 23.3 Å². The van der Waals surface area contributed by atoms with Gasteiger partial charge >= 0.3 is 0 Å². The first-order valence-electron chi connectivity index (χ1n) is 7.79. The molecule has 4 heterocycles. The fraction of sp³-hybridized carbons (Fsp3) is 0.667. The number of carbonyl (C=O) groups excluding carboxylic acids is 2. The van der Waals surface area contributed by atoms with Gasteiger partial charge in [0.25, 0.3) is 5.91 Å². The van der Waals surface area contributed by atoms with Crippen molar-refractivity contribution in [3.63, 3.8) is 0 Å².